The van der Waals surface area contributed by atoms with E-state index in [0.29, 0.717) is 4.85 Å². The summed E-state index contributed by atoms with van der Waals surface area (Å²) >= 11 is 0. The van der Waals surface area contributed by atoms with E-state index < -0.39 is 0 Å². The Bertz CT molecular complexity index is 333. The van der Waals surface area contributed by atoms with Crippen LogP contribution in [0.15, 0.2) is 17.4 Å². The van der Waals surface area contributed by atoms with Gasteiger partial charge < -0.3 is 9.94 Å². The monoisotopic (exact) mass is 167 g/mol. The van der Waals surface area contributed by atoms with Crippen molar-refractivity contribution in [2.75, 3.05) is 7.11 Å². The second kappa shape index (κ2) is 3.40. The molecule has 0 radical (unpaired) electrons. The number of nitrogens with zero attached hydrogens (tertiary/aromatic N) is 5. The number of aromatic nitrogens is 2. The summed E-state index contributed by atoms with van der Waals surface area (Å²) in [5.74, 6) is 0.00491. The van der Waals surface area contributed by atoms with E-state index in [1.165, 1.54) is 13.2 Å². The van der Waals surface area contributed by atoms with Gasteiger partial charge in [-0.05, 0) is 5.53 Å². The van der Waals surface area contributed by atoms with Gasteiger partial charge in [0.15, 0.2) is 0 Å². The lowest BCUT2D eigenvalue weighted by Crippen LogP contribution is -2.29. The summed E-state index contributed by atoms with van der Waals surface area (Å²) in [7, 11) is 1.33. The molecule has 7 heteroatoms. The second-order valence-corrected chi connectivity index (χ2v) is 1.80. The molecule has 7 nitrogen and oxygen atoms in total. The third-order valence-corrected chi connectivity index (χ3v) is 1.11. The molecule has 0 unspecified atom stereocenters. The molecule has 1 aromatic rings. The third-order valence-electron chi connectivity index (χ3n) is 1.11. The van der Waals surface area contributed by atoms with E-state index in [-0.39, 0.29) is 11.6 Å². The summed E-state index contributed by atoms with van der Waals surface area (Å²) in [6, 6.07) is 1.32. The molecule has 0 aromatic carbocycles. The molecule has 0 aliphatic rings. The summed E-state index contributed by atoms with van der Waals surface area (Å²) in [5, 5.41) is 17.2. The molecule has 0 atom stereocenters. The van der Waals surface area contributed by atoms with Gasteiger partial charge in [0, 0.05) is 11.0 Å². The largest absolute Gasteiger partial charge is 0.594 e. The molecule has 0 spiro atoms. The lowest BCUT2D eigenvalue weighted by molar-refractivity contribution is -0.669. The van der Waals surface area contributed by atoms with Crippen molar-refractivity contribution in [3.05, 3.63) is 27.9 Å². The molecule has 0 aliphatic heterocycles. The Hall–Kier alpha value is -2.01. The smallest absolute Gasteiger partial charge is 0.289 e. The van der Waals surface area contributed by atoms with E-state index >= 15 is 0 Å². The summed E-state index contributed by atoms with van der Waals surface area (Å²) < 4.78 is 4.68. The highest BCUT2D eigenvalue weighted by Crippen LogP contribution is 2.21. The fourth-order valence-electron chi connectivity index (χ4n) is 0.649. The van der Waals surface area contributed by atoms with Crippen LogP contribution in [-0.4, -0.2) is 12.2 Å². The van der Waals surface area contributed by atoms with Gasteiger partial charge in [-0.25, -0.2) is 0 Å². The second-order valence-electron chi connectivity index (χ2n) is 1.80. The lowest BCUT2D eigenvalue weighted by Gasteiger charge is -1.99. The van der Waals surface area contributed by atoms with Crippen molar-refractivity contribution >= 4 is 5.69 Å². The molecule has 0 amide bonds. The minimum Gasteiger partial charge on any atom is -0.594 e. The Labute approximate surface area is 67.4 Å². The highest BCUT2D eigenvalue weighted by atomic mass is 16.5. The maximum atomic E-state index is 10.6. The first-order valence-electron chi connectivity index (χ1n) is 2.97. The summed E-state index contributed by atoms with van der Waals surface area (Å²) in [6.45, 7) is 0. The van der Waals surface area contributed by atoms with E-state index in [0.717, 1.165) is 6.20 Å². The van der Waals surface area contributed by atoms with E-state index in [1.54, 1.807) is 0 Å². The van der Waals surface area contributed by atoms with Crippen molar-refractivity contribution in [3.63, 3.8) is 0 Å². The van der Waals surface area contributed by atoms with Gasteiger partial charge in [-0.1, -0.05) is 9.96 Å². The maximum absolute atomic E-state index is 10.6. The Morgan fingerprint density at radius 2 is 2.58 bits per heavy atom. The van der Waals surface area contributed by atoms with Crippen LogP contribution in [-0.2, 0) is 0 Å². The van der Waals surface area contributed by atoms with E-state index in [4.69, 9.17) is 5.53 Å². The van der Waals surface area contributed by atoms with Gasteiger partial charge in [0.25, 0.3) is 5.88 Å². The molecule has 0 aliphatic carbocycles. The Kier molecular flexibility index (Phi) is 2.29. The first kappa shape index (κ1) is 8.09. The maximum Gasteiger partial charge on any atom is 0.289 e. The van der Waals surface area contributed by atoms with Crippen LogP contribution in [0.4, 0.5) is 5.69 Å². The molecule has 12 heavy (non-hydrogen) atoms. The SMILES string of the molecule is COc1n[n+]([O-])ccc1N=[N+]=[N-]. The molecule has 0 saturated carbocycles. The topological polar surface area (TPSA) is 97.8 Å². The van der Waals surface area contributed by atoms with Crippen molar-refractivity contribution in [2.45, 2.75) is 0 Å². The van der Waals surface area contributed by atoms with E-state index in [2.05, 4.69) is 19.9 Å². The normalized spacial score (nSPS) is 8.75. The highest BCUT2D eigenvalue weighted by molar-refractivity contribution is 5.43. The molecule has 0 fully saturated rings. The third kappa shape index (κ3) is 1.53. The lowest BCUT2D eigenvalue weighted by atomic mass is 10.5. The molecule has 0 bridgehead atoms. The number of hydrogen-bond donors (Lipinski definition) is 0. The van der Waals surface area contributed by atoms with Crippen molar-refractivity contribution in [3.8, 4) is 5.88 Å². The van der Waals surface area contributed by atoms with Gasteiger partial charge in [0.05, 0.1) is 12.2 Å². The van der Waals surface area contributed by atoms with E-state index in [1.807, 2.05) is 0 Å². The van der Waals surface area contributed by atoms with Crippen molar-refractivity contribution in [1.82, 2.24) is 5.10 Å². The molecule has 0 N–H and O–H groups in total. The molecular weight excluding hydrogens is 162 g/mol. The van der Waals surface area contributed by atoms with Crippen LogP contribution in [0.3, 0.4) is 0 Å². The quantitative estimate of drug-likeness (QED) is 0.213. The average Bonchev–Trinajstić information content (AvgIpc) is 2.08. The number of rotatable bonds is 2. The molecule has 62 valence electrons. The summed E-state index contributed by atoms with van der Waals surface area (Å²) in [5.41, 5.74) is 8.29. The number of hydrogen-bond acceptors (Lipinski definition) is 4. The molecule has 0 saturated heterocycles. The molecule has 1 heterocycles. The first-order valence-corrected chi connectivity index (χ1v) is 2.97. The first-order chi connectivity index (χ1) is 5.77. The van der Waals surface area contributed by atoms with Gasteiger partial charge in [0.2, 0.25) is 6.20 Å². The molecule has 1 aromatic heterocycles. The molecule has 1 rings (SSSR count). The fourth-order valence-corrected chi connectivity index (χ4v) is 0.649. The predicted octanol–water partition coefficient (Wildman–Crippen LogP) is 0.665. The van der Waals surface area contributed by atoms with Crippen molar-refractivity contribution in [1.29, 1.82) is 0 Å². The Balaban J connectivity index is 3.19. The average molecular weight is 167 g/mol. The predicted molar refractivity (Wildman–Crippen MR) is 38.6 cm³/mol. The zero-order valence-corrected chi connectivity index (χ0v) is 6.21. The van der Waals surface area contributed by atoms with Crippen LogP contribution in [0, 0.1) is 5.21 Å². The van der Waals surface area contributed by atoms with Gasteiger partial charge in [-0.2, -0.15) is 0 Å². The van der Waals surface area contributed by atoms with E-state index in [9.17, 15) is 5.21 Å². The van der Waals surface area contributed by atoms with Crippen molar-refractivity contribution < 1.29 is 9.58 Å². The highest BCUT2D eigenvalue weighted by Gasteiger charge is 2.05. The number of methoxy groups -OCH3 is 1. The number of ether oxygens (including phenoxy) is 1. The van der Waals surface area contributed by atoms with Crippen LogP contribution < -0.4 is 9.58 Å². The Morgan fingerprint density at radius 3 is 3.17 bits per heavy atom. The van der Waals surface area contributed by atoms with Crippen LogP contribution >= 0.6 is 0 Å². The van der Waals surface area contributed by atoms with Gasteiger partial charge in [0.1, 0.15) is 5.69 Å². The zero-order chi connectivity index (χ0) is 8.97. The van der Waals surface area contributed by atoms with Gasteiger partial charge in [-0.15, -0.1) is 0 Å². The van der Waals surface area contributed by atoms with Crippen molar-refractivity contribution in [2.24, 2.45) is 5.11 Å². The standard InChI is InChI=1S/C5H5N5O2/c1-12-5-4(7-9-6)2-3-10(11)8-5/h2-3H,1H3. The van der Waals surface area contributed by atoms with Crippen LogP contribution in [0.25, 0.3) is 10.4 Å². The zero-order valence-electron chi connectivity index (χ0n) is 6.21. The van der Waals surface area contributed by atoms with Crippen LogP contribution in [0.5, 0.6) is 5.88 Å². The van der Waals surface area contributed by atoms with Crippen LogP contribution in [0.1, 0.15) is 0 Å². The fraction of sp³-hybridized carbons (Fsp3) is 0.200. The molecular formula is C5H5N5O2. The summed E-state index contributed by atoms with van der Waals surface area (Å²) in [6.07, 6.45) is 1.12. The van der Waals surface area contributed by atoms with Gasteiger partial charge >= 0.3 is 0 Å². The summed E-state index contributed by atoms with van der Waals surface area (Å²) in [4.78, 5) is 2.85. The minimum absolute atomic E-state index is 0.00491. The van der Waals surface area contributed by atoms with Gasteiger partial charge in [-0.3, -0.25) is 0 Å². The minimum atomic E-state index is 0.00491. The Morgan fingerprint density at radius 1 is 1.83 bits per heavy atom. The number of azide groups is 1. The van der Waals surface area contributed by atoms with Crippen LogP contribution in [0.2, 0.25) is 0 Å².